The van der Waals surface area contributed by atoms with Crippen LogP contribution in [-0.4, -0.2) is 44.1 Å². The van der Waals surface area contributed by atoms with Crippen molar-refractivity contribution in [2.45, 2.75) is 64.8 Å². The van der Waals surface area contributed by atoms with Crippen LogP contribution in [-0.2, 0) is 16.6 Å². The van der Waals surface area contributed by atoms with Crippen LogP contribution in [0.25, 0.3) is 0 Å². The molecule has 0 bridgehead atoms. The summed E-state index contributed by atoms with van der Waals surface area (Å²) in [5, 5.41) is 7.14. The number of nitrogens with zero attached hydrogens (tertiary/aromatic N) is 4. The van der Waals surface area contributed by atoms with Gasteiger partial charge in [-0.05, 0) is 25.7 Å². The van der Waals surface area contributed by atoms with E-state index in [1.807, 2.05) is 20.8 Å². The van der Waals surface area contributed by atoms with E-state index in [2.05, 4.69) is 15.4 Å². The molecule has 1 saturated heterocycles. The Morgan fingerprint density at radius 3 is 2.70 bits per heavy atom. The van der Waals surface area contributed by atoms with Crippen molar-refractivity contribution in [1.82, 2.24) is 19.7 Å². The van der Waals surface area contributed by atoms with E-state index in [9.17, 15) is 9.59 Å². The highest BCUT2D eigenvalue weighted by Gasteiger charge is 2.32. The lowest BCUT2D eigenvalue weighted by molar-refractivity contribution is -0.140. The van der Waals surface area contributed by atoms with E-state index < -0.39 is 6.04 Å². The Morgan fingerprint density at radius 1 is 1.35 bits per heavy atom. The lowest BCUT2D eigenvalue weighted by Gasteiger charge is -2.34. The molecular formula is C16H27N5O2. The predicted molar refractivity (Wildman–Crippen MR) is 88.0 cm³/mol. The summed E-state index contributed by atoms with van der Waals surface area (Å²) in [7, 11) is 1.76. The number of rotatable bonds is 5. The molecule has 23 heavy (non-hydrogen) atoms. The molecule has 0 spiro atoms. The molecule has 7 heteroatoms. The number of piperidine rings is 1. The van der Waals surface area contributed by atoms with E-state index in [-0.39, 0.29) is 17.7 Å². The molecule has 128 valence electrons. The summed E-state index contributed by atoms with van der Waals surface area (Å²) in [4.78, 5) is 31.0. The van der Waals surface area contributed by atoms with Gasteiger partial charge in [0, 0.05) is 25.9 Å². The van der Waals surface area contributed by atoms with Gasteiger partial charge >= 0.3 is 0 Å². The Kier molecular flexibility index (Phi) is 5.74. The summed E-state index contributed by atoms with van der Waals surface area (Å²) in [6, 6.07) is -0.401. The molecule has 0 aromatic carbocycles. The number of likely N-dealkylation sites (tertiary alicyclic amines) is 1. The standard InChI is InChI=1S/C16H27N5O2/c1-5-8-13(22)21-10-7-6-9-12(21)15(23)18-16-17-14(11(2)3)19-20(16)4/h11-12H,5-10H2,1-4H3,(H,17,18,19,23)/t12-/m0/s1. The van der Waals surface area contributed by atoms with Crippen LogP contribution in [0.1, 0.15) is 64.6 Å². The zero-order valence-corrected chi connectivity index (χ0v) is 14.5. The van der Waals surface area contributed by atoms with Crippen LogP contribution in [0, 0.1) is 0 Å². The Morgan fingerprint density at radius 2 is 2.09 bits per heavy atom. The van der Waals surface area contributed by atoms with Gasteiger partial charge in [-0.15, -0.1) is 0 Å². The Bertz CT molecular complexity index is 567. The van der Waals surface area contributed by atoms with E-state index in [1.54, 1.807) is 16.6 Å². The fourth-order valence-corrected chi connectivity index (χ4v) is 2.81. The highest BCUT2D eigenvalue weighted by atomic mass is 16.2. The maximum absolute atomic E-state index is 12.6. The predicted octanol–water partition coefficient (Wildman–Crippen LogP) is 2.06. The van der Waals surface area contributed by atoms with Crippen molar-refractivity contribution < 1.29 is 9.59 Å². The summed E-state index contributed by atoms with van der Waals surface area (Å²) in [6.07, 6.45) is 3.91. The SMILES string of the molecule is CCCC(=O)N1CCCC[C@H]1C(=O)Nc1nc(C(C)C)nn1C. The second-order valence-corrected chi connectivity index (χ2v) is 6.41. The number of carbonyl (C=O) groups excluding carboxylic acids is 2. The highest BCUT2D eigenvalue weighted by Crippen LogP contribution is 2.20. The average molecular weight is 321 g/mol. The fraction of sp³-hybridized carbons (Fsp3) is 0.750. The number of amides is 2. The molecule has 1 aliphatic heterocycles. The number of hydrogen-bond acceptors (Lipinski definition) is 4. The van der Waals surface area contributed by atoms with Gasteiger partial charge in [-0.1, -0.05) is 20.8 Å². The first-order chi connectivity index (χ1) is 10.9. The first-order valence-electron chi connectivity index (χ1n) is 8.45. The molecule has 1 aromatic heterocycles. The molecule has 1 aromatic rings. The summed E-state index contributed by atoms with van der Waals surface area (Å²) < 4.78 is 1.58. The quantitative estimate of drug-likeness (QED) is 0.900. The molecule has 2 heterocycles. The number of hydrogen-bond donors (Lipinski definition) is 1. The van der Waals surface area contributed by atoms with Crippen LogP contribution in [0.4, 0.5) is 5.95 Å². The molecule has 2 amide bonds. The second kappa shape index (κ2) is 7.57. The first kappa shape index (κ1) is 17.4. The monoisotopic (exact) mass is 321 g/mol. The summed E-state index contributed by atoms with van der Waals surface area (Å²) in [5.74, 6) is 1.23. The van der Waals surface area contributed by atoms with Gasteiger partial charge in [-0.3, -0.25) is 14.9 Å². The minimum atomic E-state index is -0.401. The van der Waals surface area contributed by atoms with Crippen LogP contribution in [0.15, 0.2) is 0 Å². The molecule has 0 radical (unpaired) electrons. The largest absolute Gasteiger partial charge is 0.331 e. The Hall–Kier alpha value is -1.92. The van der Waals surface area contributed by atoms with Crippen LogP contribution < -0.4 is 5.32 Å². The molecule has 1 aliphatic rings. The van der Waals surface area contributed by atoms with E-state index in [1.165, 1.54) is 0 Å². The van der Waals surface area contributed by atoms with Crippen LogP contribution in [0.5, 0.6) is 0 Å². The molecule has 1 N–H and O–H groups in total. The number of aryl methyl sites for hydroxylation is 1. The molecular weight excluding hydrogens is 294 g/mol. The van der Waals surface area contributed by atoms with E-state index in [0.29, 0.717) is 31.2 Å². The summed E-state index contributed by atoms with van der Waals surface area (Å²) in [5.41, 5.74) is 0. The Labute approximate surface area is 137 Å². The van der Waals surface area contributed by atoms with Gasteiger partial charge in [0.15, 0.2) is 5.82 Å². The Balaban J connectivity index is 2.10. The van der Waals surface area contributed by atoms with Crippen molar-refractivity contribution in [3.8, 4) is 0 Å². The number of aromatic nitrogens is 3. The lowest BCUT2D eigenvalue weighted by Crippen LogP contribution is -2.50. The van der Waals surface area contributed by atoms with Crippen LogP contribution in [0.2, 0.25) is 0 Å². The van der Waals surface area contributed by atoms with Gasteiger partial charge in [0.1, 0.15) is 6.04 Å². The van der Waals surface area contributed by atoms with Gasteiger partial charge in [0.2, 0.25) is 17.8 Å². The maximum atomic E-state index is 12.6. The van der Waals surface area contributed by atoms with Crippen molar-refractivity contribution in [2.75, 3.05) is 11.9 Å². The number of carbonyl (C=O) groups is 2. The van der Waals surface area contributed by atoms with E-state index in [4.69, 9.17) is 0 Å². The third-order valence-corrected chi connectivity index (χ3v) is 4.12. The molecule has 1 fully saturated rings. The zero-order valence-electron chi connectivity index (χ0n) is 14.5. The zero-order chi connectivity index (χ0) is 17.0. The van der Waals surface area contributed by atoms with Gasteiger partial charge in [0.05, 0.1) is 0 Å². The van der Waals surface area contributed by atoms with Gasteiger partial charge in [-0.25, -0.2) is 4.68 Å². The molecule has 1 atom stereocenters. The van der Waals surface area contributed by atoms with Gasteiger partial charge in [0.25, 0.3) is 0 Å². The van der Waals surface area contributed by atoms with Gasteiger partial charge in [-0.2, -0.15) is 10.1 Å². The maximum Gasteiger partial charge on any atom is 0.249 e. The fourth-order valence-electron chi connectivity index (χ4n) is 2.81. The smallest absolute Gasteiger partial charge is 0.249 e. The summed E-state index contributed by atoms with van der Waals surface area (Å²) in [6.45, 7) is 6.65. The molecule has 0 saturated carbocycles. The van der Waals surface area contributed by atoms with Crippen molar-refractivity contribution in [2.24, 2.45) is 7.05 Å². The van der Waals surface area contributed by atoms with Crippen molar-refractivity contribution in [3.05, 3.63) is 5.82 Å². The topological polar surface area (TPSA) is 80.1 Å². The van der Waals surface area contributed by atoms with E-state index >= 15 is 0 Å². The van der Waals surface area contributed by atoms with Crippen molar-refractivity contribution >= 4 is 17.8 Å². The minimum absolute atomic E-state index is 0.0631. The van der Waals surface area contributed by atoms with Crippen molar-refractivity contribution in [3.63, 3.8) is 0 Å². The molecule has 0 unspecified atom stereocenters. The lowest BCUT2D eigenvalue weighted by atomic mass is 10.0. The highest BCUT2D eigenvalue weighted by molar-refractivity contribution is 5.96. The molecule has 2 rings (SSSR count). The first-order valence-corrected chi connectivity index (χ1v) is 8.45. The van der Waals surface area contributed by atoms with Gasteiger partial charge < -0.3 is 4.90 Å². The second-order valence-electron chi connectivity index (χ2n) is 6.41. The molecule has 7 nitrogen and oxygen atoms in total. The minimum Gasteiger partial charge on any atom is -0.331 e. The van der Waals surface area contributed by atoms with E-state index in [0.717, 1.165) is 19.3 Å². The normalized spacial score (nSPS) is 18.3. The number of nitrogens with one attached hydrogen (secondary N) is 1. The van der Waals surface area contributed by atoms with Crippen LogP contribution >= 0.6 is 0 Å². The third kappa shape index (κ3) is 4.09. The third-order valence-electron chi connectivity index (χ3n) is 4.12. The average Bonchev–Trinajstić information content (AvgIpc) is 2.89. The van der Waals surface area contributed by atoms with Crippen LogP contribution in [0.3, 0.4) is 0 Å². The molecule has 0 aliphatic carbocycles. The number of anilines is 1. The summed E-state index contributed by atoms with van der Waals surface area (Å²) >= 11 is 0. The van der Waals surface area contributed by atoms with Crippen molar-refractivity contribution in [1.29, 1.82) is 0 Å².